The second kappa shape index (κ2) is 6.48. The largest absolute Gasteiger partial charge is 0.380 e. The molecule has 1 atom stereocenters. The quantitative estimate of drug-likeness (QED) is 0.774. The molecule has 0 aliphatic carbocycles. The summed E-state index contributed by atoms with van der Waals surface area (Å²) in [4.78, 5) is 12.0. The summed E-state index contributed by atoms with van der Waals surface area (Å²) in [6.45, 7) is 6.45. The van der Waals surface area contributed by atoms with Crippen LogP contribution in [0, 0.1) is 5.41 Å². The van der Waals surface area contributed by atoms with Gasteiger partial charge in [0.25, 0.3) is 0 Å². The van der Waals surface area contributed by atoms with Crippen LogP contribution in [0.25, 0.3) is 0 Å². The number of carbonyl (C=O) groups is 1. The van der Waals surface area contributed by atoms with Crippen LogP contribution < -0.4 is 0 Å². The van der Waals surface area contributed by atoms with E-state index in [-0.39, 0.29) is 16.0 Å². The van der Waals surface area contributed by atoms with Gasteiger partial charge in [-0.15, -0.1) is 0 Å². The van der Waals surface area contributed by atoms with Crippen molar-refractivity contribution in [3.63, 3.8) is 0 Å². The third-order valence-corrected chi connectivity index (χ3v) is 3.48. The molecule has 0 radical (unpaired) electrons. The number of carbonyl (C=O) groups excluding carboxylic acids is 1. The van der Waals surface area contributed by atoms with Gasteiger partial charge in [0.05, 0.1) is 11.4 Å². The molecule has 0 spiro atoms. The van der Waals surface area contributed by atoms with Crippen LogP contribution in [0.15, 0.2) is 24.3 Å². The number of ether oxygens (including phenoxy) is 1. The Morgan fingerprint density at radius 3 is 2.50 bits per heavy atom. The van der Waals surface area contributed by atoms with Crippen LogP contribution >= 0.6 is 15.9 Å². The van der Waals surface area contributed by atoms with Crippen molar-refractivity contribution in [1.82, 2.24) is 0 Å². The predicted molar refractivity (Wildman–Crippen MR) is 78.0 cm³/mol. The van der Waals surface area contributed by atoms with E-state index in [9.17, 15) is 4.79 Å². The molecule has 0 fully saturated rings. The Kier molecular flexibility index (Phi) is 5.54. The van der Waals surface area contributed by atoms with Crippen LogP contribution in [0.4, 0.5) is 0 Å². The lowest BCUT2D eigenvalue weighted by Crippen LogP contribution is -2.30. The van der Waals surface area contributed by atoms with Gasteiger partial charge in [-0.25, -0.2) is 0 Å². The van der Waals surface area contributed by atoms with Gasteiger partial charge in [0.1, 0.15) is 0 Å². The van der Waals surface area contributed by atoms with Gasteiger partial charge in [-0.2, -0.15) is 0 Å². The summed E-state index contributed by atoms with van der Waals surface area (Å²) in [7, 11) is 1.68. The van der Waals surface area contributed by atoms with Gasteiger partial charge < -0.3 is 4.74 Å². The summed E-state index contributed by atoms with van der Waals surface area (Å²) >= 11 is 3.50. The first-order valence-corrected chi connectivity index (χ1v) is 7.01. The molecule has 0 aliphatic rings. The van der Waals surface area contributed by atoms with Crippen molar-refractivity contribution in [2.45, 2.75) is 38.6 Å². The maximum Gasteiger partial charge on any atom is 0.152 e. The fourth-order valence-corrected chi connectivity index (χ4v) is 2.84. The number of benzene rings is 1. The van der Waals surface area contributed by atoms with Crippen LogP contribution in [-0.4, -0.2) is 17.7 Å². The van der Waals surface area contributed by atoms with Crippen LogP contribution in [0.1, 0.15) is 31.9 Å². The fraction of sp³-hybridized carbons (Fsp3) is 0.533. The minimum atomic E-state index is -0.307. The third kappa shape index (κ3) is 4.54. The standard InChI is InChI=1S/C15H21BrO2/c1-15(2,3)14(17)13(16)9-11-6-5-7-12(8-11)10-18-4/h5-8,13H,9-10H2,1-4H3. The molecule has 0 saturated heterocycles. The highest BCUT2D eigenvalue weighted by Crippen LogP contribution is 2.23. The van der Waals surface area contributed by atoms with Gasteiger partial charge >= 0.3 is 0 Å². The lowest BCUT2D eigenvalue weighted by Gasteiger charge is -2.20. The molecular formula is C15H21BrO2. The zero-order valence-corrected chi connectivity index (χ0v) is 13.1. The molecule has 0 heterocycles. The minimum Gasteiger partial charge on any atom is -0.380 e. The maximum absolute atomic E-state index is 12.1. The number of hydrogen-bond acceptors (Lipinski definition) is 2. The number of hydrogen-bond donors (Lipinski definition) is 0. The van der Waals surface area contributed by atoms with Crippen molar-refractivity contribution >= 4 is 21.7 Å². The Morgan fingerprint density at radius 2 is 1.94 bits per heavy atom. The van der Waals surface area contributed by atoms with E-state index >= 15 is 0 Å². The molecule has 18 heavy (non-hydrogen) atoms. The van der Waals surface area contributed by atoms with E-state index in [1.54, 1.807) is 7.11 Å². The molecule has 0 N–H and O–H groups in total. The molecule has 0 amide bonds. The topological polar surface area (TPSA) is 26.3 Å². The van der Waals surface area contributed by atoms with Crippen molar-refractivity contribution in [3.8, 4) is 0 Å². The molecule has 0 saturated carbocycles. The minimum absolute atomic E-state index is 0.129. The first-order chi connectivity index (χ1) is 8.34. The van der Waals surface area contributed by atoms with E-state index in [0.29, 0.717) is 13.0 Å². The first kappa shape index (κ1) is 15.4. The highest BCUT2D eigenvalue weighted by atomic mass is 79.9. The summed E-state index contributed by atoms with van der Waals surface area (Å²) in [5.41, 5.74) is 1.99. The summed E-state index contributed by atoms with van der Waals surface area (Å²) in [5.74, 6) is 0.236. The van der Waals surface area contributed by atoms with Crippen molar-refractivity contribution in [1.29, 1.82) is 0 Å². The van der Waals surface area contributed by atoms with Crippen molar-refractivity contribution in [2.24, 2.45) is 5.41 Å². The van der Waals surface area contributed by atoms with Crippen LogP contribution in [-0.2, 0) is 22.6 Å². The maximum atomic E-state index is 12.1. The molecule has 100 valence electrons. The fourth-order valence-electron chi connectivity index (χ4n) is 1.78. The highest BCUT2D eigenvalue weighted by molar-refractivity contribution is 9.10. The van der Waals surface area contributed by atoms with Gasteiger partial charge in [-0.3, -0.25) is 4.79 Å². The Balaban J connectivity index is 2.72. The number of ketones is 1. The van der Waals surface area contributed by atoms with Crippen LogP contribution in [0.3, 0.4) is 0 Å². The summed E-state index contributed by atoms with van der Waals surface area (Å²) in [6.07, 6.45) is 0.716. The van der Waals surface area contributed by atoms with Crippen molar-refractivity contribution in [2.75, 3.05) is 7.11 Å². The van der Waals surface area contributed by atoms with Gasteiger partial charge in [0.15, 0.2) is 5.78 Å². The Hall–Kier alpha value is -0.670. The average molecular weight is 313 g/mol. The Labute approximate surface area is 118 Å². The molecular weight excluding hydrogens is 292 g/mol. The lowest BCUT2D eigenvalue weighted by atomic mass is 9.87. The number of methoxy groups -OCH3 is 1. The van der Waals surface area contributed by atoms with E-state index in [1.807, 2.05) is 39.0 Å². The molecule has 1 rings (SSSR count). The van der Waals surface area contributed by atoms with Crippen LogP contribution in [0.5, 0.6) is 0 Å². The van der Waals surface area contributed by atoms with E-state index in [0.717, 1.165) is 11.1 Å². The molecule has 3 heteroatoms. The monoisotopic (exact) mass is 312 g/mol. The van der Waals surface area contributed by atoms with E-state index in [1.165, 1.54) is 0 Å². The number of alkyl halides is 1. The Bertz CT molecular complexity index is 407. The zero-order valence-electron chi connectivity index (χ0n) is 11.5. The van der Waals surface area contributed by atoms with Gasteiger partial charge in [0, 0.05) is 12.5 Å². The molecule has 1 unspecified atom stereocenters. The van der Waals surface area contributed by atoms with Gasteiger partial charge in [-0.05, 0) is 17.5 Å². The number of Topliss-reactive ketones (excluding diaryl/α,β-unsaturated/α-hetero) is 1. The second-order valence-electron chi connectivity index (χ2n) is 5.54. The molecule has 0 aliphatic heterocycles. The molecule has 2 nitrogen and oxygen atoms in total. The molecule has 0 bridgehead atoms. The molecule has 0 aromatic heterocycles. The van der Waals surface area contributed by atoms with Crippen LogP contribution in [0.2, 0.25) is 0 Å². The number of rotatable bonds is 5. The third-order valence-electron chi connectivity index (χ3n) is 2.74. The SMILES string of the molecule is COCc1cccc(CC(Br)C(=O)C(C)(C)C)c1. The average Bonchev–Trinajstić information content (AvgIpc) is 2.27. The lowest BCUT2D eigenvalue weighted by molar-refractivity contribution is -0.125. The summed E-state index contributed by atoms with van der Waals surface area (Å²) in [5, 5.41) is 0. The molecule has 1 aromatic carbocycles. The van der Waals surface area contributed by atoms with Gasteiger partial charge in [0.2, 0.25) is 0 Å². The van der Waals surface area contributed by atoms with Crippen molar-refractivity contribution < 1.29 is 9.53 Å². The normalized spacial score (nSPS) is 13.4. The highest BCUT2D eigenvalue weighted by Gasteiger charge is 2.27. The van der Waals surface area contributed by atoms with E-state index in [4.69, 9.17) is 4.74 Å². The van der Waals surface area contributed by atoms with Crippen molar-refractivity contribution in [3.05, 3.63) is 35.4 Å². The summed E-state index contributed by atoms with van der Waals surface area (Å²) < 4.78 is 5.11. The summed E-state index contributed by atoms with van der Waals surface area (Å²) in [6, 6.07) is 8.17. The van der Waals surface area contributed by atoms with E-state index < -0.39 is 0 Å². The van der Waals surface area contributed by atoms with Gasteiger partial charge in [-0.1, -0.05) is 61.0 Å². The second-order valence-corrected chi connectivity index (χ2v) is 6.64. The zero-order chi connectivity index (χ0) is 13.8. The molecule has 1 aromatic rings. The number of halogens is 1. The van der Waals surface area contributed by atoms with E-state index in [2.05, 4.69) is 22.0 Å². The Morgan fingerprint density at radius 1 is 1.33 bits per heavy atom. The first-order valence-electron chi connectivity index (χ1n) is 6.09. The smallest absolute Gasteiger partial charge is 0.152 e. The predicted octanol–water partition coefficient (Wildman–Crippen LogP) is 3.75.